The highest BCUT2D eigenvalue weighted by molar-refractivity contribution is 5.08. The first-order valence-corrected chi connectivity index (χ1v) is 5.86. The molecule has 0 aliphatic rings. The van der Waals surface area contributed by atoms with Crippen LogP contribution in [0.1, 0.15) is 38.7 Å². The van der Waals surface area contributed by atoms with Crippen LogP contribution >= 0.6 is 0 Å². The van der Waals surface area contributed by atoms with Crippen LogP contribution in [0.5, 0.6) is 0 Å². The van der Waals surface area contributed by atoms with Crippen LogP contribution in [0, 0.1) is 17.8 Å². The van der Waals surface area contributed by atoms with Crippen molar-refractivity contribution in [3.63, 3.8) is 0 Å². The fourth-order valence-corrected chi connectivity index (χ4v) is 1.51. The normalized spacial score (nSPS) is 12.2. The molecule has 0 fully saturated rings. The fourth-order valence-electron chi connectivity index (χ4n) is 1.51. The minimum atomic E-state index is -0.464. The van der Waals surface area contributed by atoms with Gasteiger partial charge in [-0.25, -0.2) is 0 Å². The van der Waals surface area contributed by atoms with Crippen LogP contribution in [-0.2, 0) is 6.42 Å². The Morgan fingerprint density at radius 1 is 1.44 bits per heavy atom. The van der Waals surface area contributed by atoms with Crippen molar-refractivity contribution in [2.75, 3.05) is 0 Å². The van der Waals surface area contributed by atoms with Crippen molar-refractivity contribution < 1.29 is 9.52 Å². The topological polar surface area (TPSA) is 33.4 Å². The van der Waals surface area contributed by atoms with Gasteiger partial charge in [-0.05, 0) is 36.8 Å². The molecule has 1 heterocycles. The molecular formula is C14H20O2. The molecule has 88 valence electrons. The lowest BCUT2D eigenvalue weighted by Crippen LogP contribution is -2.06. The van der Waals surface area contributed by atoms with Crippen molar-refractivity contribution in [2.45, 2.75) is 45.6 Å². The molecule has 0 saturated carbocycles. The summed E-state index contributed by atoms with van der Waals surface area (Å²) < 4.78 is 4.98. The predicted molar refractivity (Wildman–Crippen MR) is 64.9 cm³/mol. The Morgan fingerprint density at radius 3 is 2.88 bits per heavy atom. The molecule has 1 aromatic rings. The van der Waals surface area contributed by atoms with Gasteiger partial charge in [0.25, 0.3) is 0 Å². The standard InChI is InChI=1S/C14H20O2/c1-12(2)10-14(15)7-5-3-4-6-13-8-9-16-11-13/h8-9,11-12,14-15H,3-4,6,10H2,1-2H3. The van der Waals surface area contributed by atoms with Gasteiger partial charge in [-0.2, -0.15) is 0 Å². The molecule has 0 amide bonds. The van der Waals surface area contributed by atoms with E-state index in [1.54, 1.807) is 12.5 Å². The summed E-state index contributed by atoms with van der Waals surface area (Å²) in [7, 11) is 0. The first-order valence-electron chi connectivity index (χ1n) is 5.86. The zero-order valence-corrected chi connectivity index (χ0v) is 10.1. The molecule has 1 aromatic heterocycles. The third-order valence-electron chi connectivity index (χ3n) is 2.31. The summed E-state index contributed by atoms with van der Waals surface area (Å²) in [6, 6.07) is 1.97. The van der Waals surface area contributed by atoms with Crippen molar-refractivity contribution >= 4 is 0 Å². The smallest absolute Gasteiger partial charge is 0.115 e. The number of aliphatic hydroxyl groups is 1. The van der Waals surface area contributed by atoms with Gasteiger partial charge in [-0.3, -0.25) is 0 Å². The largest absolute Gasteiger partial charge is 0.472 e. The minimum absolute atomic E-state index is 0.464. The molecule has 0 saturated heterocycles. The van der Waals surface area contributed by atoms with E-state index in [-0.39, 0.29) is 0 Å². The average Bonchev–Trinajstić information content (AvgIpc) is 2.68. The zero-order chi connectivity index (χ0) is 11.8. The molecule has 2 nitrogen and oxygen atoms in total. The highest BCUT2D eigenvalue weighted by atomic mass is 16.3. The van der Waals surface area contributed by atoms with E-state index in [0.717, 1.165) is 25.7 Å². The predicted octanol–water partition coefficient (Wildman–Crippen LogP) is 3.01. The number of rotatable bonds is 5. The highest BCUT2D eigenvalue weighted by Crippen LogP contribution is 2.05. The van der Waals surface area contributed by atoms with E-state index >= 15 is 0 Å². The number of unbranched alkanes of at least 4 members (excludes halogenated alkanes) is 1. The third-order valence-corrected chi connectivity index (χ3v) is 2.31. The molecule has 1 N–H and O–H groups in total. The lowest BCUT2D eigenvalue weighted by Gasteiger charge is -2.05. The van der Waals surface area contributed by atoms with Crippen molar-refractivity contribution in [1.82, 2.24) is 0 Å². The van der Waals surface area contributed by atoms with Crippen molar-refractivity contribution in [3.05, 3.63) is 24.2 Å². The van der Waals surface area contributed by atoms with Gasteiger partial charge in [0, 0.05) is 6.42 Å². The lowest BCUT2D eigenvalue weighted by molar-refractivity contribution is 0.204. The van der Waals surface area contributed by atoms with E-state index in [9.17, 15) is 5.11 Å². The summed E-state index contributed by atoms with van der Waals surface area (Å²) in [4.78, 5) is 0. The van der Waals surface area contributed by atoms with Gasteiger partial charge >= 0.3 is 0 Å². The van der Waals surface area contributed by atoms with E-state index in [2.05, 4.69) is 25.7 Å². The molecule has 0 aliphatic carbocycles. The molecule has 1 unspecified atom stereocenters. The molecule has 0 bridgehead atoms. The van der Waals surface area contributed by atoms with Crippen molar-refractivity contribution in [3.8, 4) is 11.8 Å². The van der Waals surface area contributed by atoms with Gasteiger partial charge in [0.2, 0.25) is 0 Å². The van der Waals surface area contributed by atoms with Gasteiger partial charge < -0.3 is 9.52 Å². The second kappa shape index (κ2) is 7.14. The summed E-state index contributed by atoms with van der Waals surface area (Å²) in [5.74, 6) is 6.39. The first kappa shape index (κ1) is 12.9. The summed E-state index contributed by atoms with van der Waals surface area (Å²) in [5, 5.41) is 9.51. The molecule has 0 aromatic carbocycles. The van der Waals surface area contributed by atoms with Crippen LogP contribution in [0.2, 0.25) is 0 Å². The zero-order valence-electron chi connectivity index (χ0n) is 10.1. The maximum Gasteiger partial charge on any atom is 0.115 e. The molecule has 0 spiro atoms. The number of hydrogen-bond donors (Lipinski definition) is 1. The molecule has 0 radical (unpaired) electrons. The van der Waals surface area contributed by atoms with Gasteiger partial charge in [0.05, 0.1) is 12.5 Å². The minimum Gasteiger partial charge on any atom is -0.472 e. The third kappa shape index (κ3) is 5.63. The number of aliphatic hydroxyl groups excluding tert-OH is 1. The van der Waals surface area contributed by atoms with Crippen LogP contribution in [-0.4, -0.2) is 11.2 Å². The van der Waals surface area contributed by atoms with Crippen LogP contribution in [0.25, 0.3) is 0 Å². The summed E-state index contributed by atoms with van der Waals surface area (Å²) >= 11 is 0. The van der Waals surface area contributed by atoms with Crippen LogP contribution in [0.3, 0.4) is 0 Å². The van der Waals surface area contributed by atoms with Crippen molar-refractivity contribution in [2.24, 2.45) is 5.92 Å². The van der Waals surface area contributed by atoms with Gasteiger partial charge in [-0.15, -0.1) is 5.92 Å². The molecule has 1 atom stereocenters. The number of hydrogen-bond acceptors (Lipinski definition) is 2. The first-order chi connectivity index (χ1) is 7.68. The Labute approximate surface area is 97.7 Å². The Morgan fingerprint density at radius 2 is 2.25 bits per heavy atom. The maximum atomic E-state index is 9.51. The quantitative estimate of drug-likeness (QED) is 0.611. The lowest BCUT2D eigenvalue weighted by atomic mass is 10.1. The summed E-state index contributed by atoms with van der Waals surface area (Å²) in [6.07, 6.45) is 6.59. The SMILES string of the molecule is CC(C)CC(O)C#CCCCc1ccoc1. The van der Waals surface area contributed by atoms with E-state index in [4.69, 9.17) is 4.42 Å². The van der Waals surface area contributed by atoms with E-state index < -0.39 is 6.10 Å². The molecule has 16 heavy (non-hydrogen) atoms. The van der Waals surface area contributed by atoms with Gasteiger partial charge in [0.1, 0.15) is 6.10 Å². The summed E-state index contributed by atoms with van der Waals surface area (Å²) in [6.45, 7) is 4.17. The van der Waals surface area contributed by atoms with E-state index in [0.29, 0.717) is 5.92 Å². The second-order valence-corrected chi connectivity index (χ2v) is 4.45. The molecular weight excluding hydrogens is 200 g/mol. The molecule has 1 rings (SSSR count). The Bertz CT molecular complexity index is 327. The second-order valence-electron chi connectivity index (χ2n) is 4.45. The Kier molecular flexibility index (Phi) is 5.74. The van der Waals surface area contributed by atoms with Gasteiger partial charge in [0.15, 0.2) is 0 Å². The van der Waals surface area contributed by atoms with Crippen molar-refractivity contribution in [1.29, 1.82) is 0 Å². The highest BCUT2D eigenvalue weighted by Gasteiger charge is 2.01. The van der Waals surface area contributed by atoms with E-state index in [1.807, 2.05) is 6.07 Å². The van der Waals surface area contributed by atoms with Gasteiger partial charge in [-0.1, -0.05) is 19.8 Å². The summed E-state index contributed by atoms with van der Waals surface area (Å²) in [5.41, 5.74) is 1.21. The average molecular weight is 220 g/mol. The molecule has 0 aliphatic heterocycles. The van der Waals surface area contributed by atoms with Crippen LogP contribution < -0.4 is 0 Å². The van der Waals surface area contributed by atoms with Crippen LogP contribution in [0.15, 0.2) is 23.0 Å². The Hall–Kier alpha value is -1.20. The monoisotopic (exact) mass is 220 g/mol. The number of furan rings is 1. The van der Waals surface area contributed by atoms with Crippen LogP contribution in [0.4, 0.5) is 0 Å². The number of aryl methyl sites for hydroxylation is 1. The van der Waals surface area contributed by atoms with E-state index in [1.165, 1.54) is 5.56 Å². The maximum absolute atomic E-state index is 9.51. The molecule has 2 heteroatoms. The Balaban J connectivity index is 2.13. The fraction of sp³-hybridized carbons (Fsp3) is 0.571.